The molecule has 3 rings (SSSR count). The van der Waals surface area contributed by atoms with Crippen LogP contribution in [0.4, 0.5) is 16.2 Å². The van der Waals surface area contributed by atoms with Crippen molar-refractivity contribution in [2.75, 3.05) is 60.6 Å². The number of halogens is 1. The molecule has 1 aromatic rings. The van der Waals surface area contributed by atoms with Crippen LogP contribution in [0.2, 0.25) is 0 Å². The SMILES string of the molecule is O=S1CCN(c2nc(N3CCNCC3)ncc2F)CC1. The highest BCUT2D eigenvalue weighted by molar-refractivity contribution is 7.85. The third-order valence-electron chi connectivity index (χ3n) is 3.59. The number of hydrogen-bond acceptors (Lipinski definition) is 6. The van der Waals surface area contributed by atoms with E-state index in [0.717, 1.165) is 26.2 Å². The van der Waals surface area contributed by atoms with Gasteiger partial charge in [0.1, 0.15) is 0 Å². The second kappa shape index (κ2) is 6.01. The lowest BCUT2D eigenvalue weighted by molar-refractivity contribution is 0.569. The summed E-state index contributed by atoms with van der Waals surface area (Å²) in [6.45, 7) is 4.60. The molecule has 1 aromatic heterocycles. The van der Waals surface area contributed by atoms with Gasteiger partial charge in [-0.25, -0.2) is 9.37 Å². The van der Waals surface area contributed by atoms with Gasteiger partial charge in [0.05, 0.1) is 6.20 Å². The van der Waals surface area contributed by atoms with E-state index in [0.29, 0.717) is 36.4 Å². The summed E-state index contributed by atoms with van der Waals surface area (Å²) < 4.78 is 25.3. The molecule has 110 valence electrons. The number of nitrogens with zero attached hydrogens (tertiary/aromatic N) is 4. The van der Waals surface area contributed by atoms with Crippen LogP contribution in [-0.2, 0) is 10.8 Å². The molecule has 6 nitrogen and oxygen atoms in total. The van der Waals surface area contributed by atoms with Crippen LogP contribution in [0.25, 0.3) is 0 Å². The maximum Gasteiger partial charge on any atom is 0.227 e. The average Bonchev–Trinajstić information content (AvgIpc) is 2.50. The zero-order chi connectivity index (χ0) is 13.9. The third-order valence-corrected chi connectivity index (χ3v) is 4.87. The standard InChI is InChI=1S/C12H18FN5OS/c13-10-9-15-12(18-3-1-14-2-4-18)16-11(10)17-5-7-20(19)8-6-17/h9,14H,1-8H2. The second-order valence-electron chi connectivity index (χ2n) is 4.91. The summed E-state index contributed by atoms with van der Waals surface area (Å²) in [6.07, 6.45) is 1.24. The minimum atomic E-state index is -0.777. The van der Waals surface area contributed by atoms with Crippen LogP contribution in [0.5, 0.6) is 0 Å². The van der Waals surface area contributed by atoms with Crippen LogP contribution in [0, 0.1) is 5.82 Å². The molecule has 1 N–H and O–H groups in total. The lowest BCUT2D eigenvalue weighted by atomic mass is 10.4. The van der Waals surface area contributed by atoms with Gasteiger partial charge in [0.2, 0.25) is 5.95 Å². The lowest BCUT2D eigenvalue weighted by Gasteiger charge is -2.30. The maximum atomic E-state index is 13.9. The van der Waals surface area contributed by atoms with E-state index >= 15 is 0 Å². The number of aromatic nitrogens is 2. The normalized spacial score (nSPS) is 21.2. The van der Waals surface area contributed by atoms with Crippen molar-refractivity contribution in [1.82, 2.24) is 15.3 Å². The van der Waals surface area contributed by atoms with Gasteiger partial charge in [-0.1, -0.05) is 0 Å². The van der Waals surface area contributed by atoms with E-state index in [4.69, 9.17) is 0 Å². The number of hydrogen-bond donors (Lipinski definition) is 1. The van der Waals surface area contributed by atoms with Crippen molar-refractivity contribution in [2.45, 2.75) is 0 Å². The molecule has 0 atom stereocenters. The first kappa shape index (κ1) is 13.7. The number of nitrogens with one attached hydrogen (secondary N) is 1. The van der Waals surface area contributed by atoms with Gasteiger partial charge in [0, 0.05) is 61.6 Å². The predicted molar refractivity (Wildman–Crippen MR) is 77.2 cm³/mol. The Labute approximate surface area is 119 Å². The fourth-order valence-electron chi connectivity index (χ4n) is 2.44. The Bertz CT molecular complexity index is 499. The highest BCUT2D eigenvalue weighted by Gasteiger charge is 2.22. The molecular formula is C12H18FN5OS. The molecule has 0 unspecified atom stereocenters. The van der Waals surface area contributed by atoms with Crippen LogP contribution in [0.15, 0.2) is 6.20 Å². The van der Waals surface area contributed by atoms with Crippen LogP contribution < -0.4 is 15.1 Å². The summed E-state index contributed by atoms with van der Waals surface area (Å²) in [5.41, 5.74) is 0. The second-order valence-corrected chi connectivity index (χ2v) is 6.61. The first-order valence-electron chi connectivity index (χ1n) is 6.82. The fraction of sp³-hybridized carbons (Fsp3) is 0.667. The minimum Gasteiger partial charge on any atom is -0.352 e. The van der Waals surface area contributed by atoms with Gasteiger partial charge in [0.15, 0.2) is 11.6 Å². The number of rotatable bonds is 2. The molecule has 20 heavy (non-hydrogen) atoms. The van der Waals surface area contributed by atoms with Gasteiger partial charge in [-0.2, -0.15) is 4.98 Å². The largest absolute Gasteiger partial charge is 0.352 e. The van der Waals surface area contributed by atoms with Crippen molar-refractivity contribution in [3.8, 4) is 0 Å². The van der Waals surface area contributed by atoms with Crippen LogP contribution in [-0.4, -0.2) is 65.0 Å². The summed E-state index contributed by atoms with van der Waals surface area (Å²) in [6, 6.07) is 0. The first-order valence-corrected chi connectivity index (χ1v) is 8.31. The summed E-state index contributed by atoms with van der Waals surface area (Å²) in [5.74, 6) is 1.66. The molecule has 2 aliphatic rings. The summed E-state index contributed by atoms with van der Waals surface area (Å²) >= 11 is 0. The van der Waals surface area contributed by atoms with E-state index < -0.39 is 16.6 Å². The molecule has 0 aromatic carbocycles. The summed E-state index contributed by atoms with van der Waals surface area (Å²) in [7, 11) is -0.777. The Kier molecular flexibility index (Phi) is 4.11. The first-order chi connectivity index (χ1) is 9.74. The summed E-state index contributed by atoms with van der Waals surface area (Å²) in [4.78, 5) is 12.4. The topological polar surface area (TPSA) is 61.4 Å². The molecule has 0 spiro atoms. The maximum absolute atomic E-state index is 13.9. The van der Waals surface area contributed by atoms with Crippen molar-refractivity contribution in [3.63, 3.8) is 0 Å². The van der Waals surface area contributed by atoms with Crippen LogP contribution in [0.3, 0.4) is 0 Å². The molecule has 3 heterocycles. The Balaban J connectivity index is 1.81. The molecule has 0 amide bonds. The highest BCUT2D eigenvalue weighted by atomic mass is 32.2. The fourth-order valence-corrected chi connectivity index (χ4v) is 3.49. The quantitative estimate of drug-likeness (QED) is 0.801. The predicted octanol–water partition coefficient (Wildman–Crippen LogP) is -0.406. The number of anilines is 2. The molecule has 0 aliphatic carbocycles. The van der Waals surface area contributed by atoms with E-state index in [2.05, 4.69) is 20.2 Å². The van der Waals surface area contributed by atoms with Gasteiger partial charge in [-0.15, -0.1) is 0 Å². The van der Waals surface area contributed by atoms with Gasteiger partial charge in [-0.05, 0) is 0 Å². The average molecular weight is 299 g/mol. The van der Waals surface area contributed by atoms with Gasteiger partial charge in [0.25, 0.3) is 0 Å². The number of piperazine rings is 1. The van der Waals surface area contributed by atoms with Crippen molar-refractivity contribution < 1.29 is 8.60 Å². The van der Waals surface area contributed by atoms with Crippen molar-refractivity contribution in [2.24, 2.45) is 0 Å². The molecule has 0 radical (unpaired) electrons. The van der Waals surface area contributed by atoms with E-state index in [1.807, 2.05) is 4.90 Å². The van der Waals surface area contributed by atoms with Crippen molar-refractivity contribution in [1.29, 1.82) is 0 Å². The Morgan fingerprint density at radius 3 is 2.55 bits per heavy atom. The highest BCUT2D eigenvalue weighted by Crippen LogP contribution is 2.20. The molecule has 0 bridgehead atoms. The molecule has 0 saturated carbocycles. The monoisotopic (exact) mass is 299 g/mol. The zero-order valence-corrected chi connectivity index (χ0v) is 12.0. The minimum absolute atomic E-state index is 0.338. The molecule has 2 fully saturated rings. The van der Waals surface area contributed by atoms with Crippen LogP contribution >= 0.6 is 0 Å². The van der Waals surface area contributed by atoms with Gasteiger partial charge >= 0.3 is 0 Å². The molecule has 8 heteroatoms. The molecule has 2 aliphatic heterocycles. The smallest absolute Gasteiger partial charge is 0.227 e. The Morgan fingerprint density at radius 2 is 1.85 bits per heavy atom. The third kappa shape index (κ3) is 2.90. The van der Waals surface area contributed by atoms with Crippen LogP contribution in [0.1, 0.15) is 0 Å². The Morgan fingerprint density at radius 1 is 1.15 bits per heavy atom. The van der Waals surface area contributed by atoms with E-state index in [9.17, 15) is 8.60 Å². The Hall–Kier alpha value is -1.28. The van der Waals surface area contributed by atoms with Gasteiger partial charge < -0.3 is 15.1 Å². The van der Waals surface area contributed by atoms with E-state index in [1.165, 1.54) is 6.20 Å². The zero-order valence-electron chi connectivity index (χ0n) is 11.2. The lowest BCUT2D eigenvalue weighted by Crippen LogP contribution is -2.44. The summed E-state index contributed by atoms with van der Waals surface area (Å²) in [5, 5.41) is 3.26. The van der Waals surface area contributed by atoms with E-state index in [-0.39, 0.29) is 0 Å². The molecule has 2 saturated heterocycles. The molecular weight excluding hydrogens is 281 g/mol. The van der Waals surface area contributed by atoms with Gasteiger partial charge in [-0.3, -0.25) is 4.21 Å². The van der Waals surface area contributed by atoms with Crippen molar-refractivity contribution in [3.05, 3.63) is 12.0 Å². The van der Waals surface area contributed by atoms with E-state index in [1.54, 1.807) is 0 Å². The van der Waals surface area contributed by atoms with Crippen molar-refractivity contribution >= 4 is 22.6 Å².